The molecule has 1 atom stereocenters. The SMILES string of the molecule is O=C(c1nn(CCO)c2cc(-c3c[nH]nc3C(F)(F)F)ccc12)C1COc2ccc(F)cc2C1. The first-order valence-electron chi connectivity index (χ1n) is 10.4. The number of aliphatic hydroxyl groups excluding tert-OH is 1. The number of nitrogens with one attached hydrogen (secondary N) is 1. The van der Waals surface area contributed by atoms with Gasteiger partial charge >= 0.3 is 6.18 Å². The molecule has 0 saturated carbocycles. The van der Waals surface area contributed by atoms with E-state index in [2.05, 4.69) is 15.3 Å². The van der Waals surface area contributed by atoms with E-state index in [1.807, 2.05) is 0 Å². The predicted molar refractivity (Wildman–Crippen MR) is 113 cm³/mol. The number of H-pyrrole nitrogens is 1. The molecule has 2 N–H and O–H groups in total. The van der Waals surface area contributed by atoms with Gasteiger partial charge in [-0.3, -0.25) is 14.6 Å². The maximum absolute atomic E-state index is 13.6. The van der Waals surface area contributed by atoms with Gasteiger partial charge in [0.05, 0.1) is 31.2 Å². The van der Waals surface area contributed by atoms with E-state index in [4.69, 9.17) is 4.74 Å². The minimum absolute atomic E-state index is 0.0416. The number of hydrogen-bond acceptors (Lipinski definition) is 5. The predicted octanol–water partition coefficient (Wildman–Crippen LogP) is 4.01. The molecule has 0 saturated heterocycles. The molecule has 0 bridgehead atoms. The third-order valence-electron chi connectivity index (χ3n) is 5.82. The Hall–Kier alpha value is -3.73. The minimum atomic E-state index is -4.65. The molecule has 0 aliphatic carbocycles. The molecule has 0 amide bonds. The monoisotopic (exact) mass is 474 g/mol. The maximum Gasteiger partial charge on any atom is 0.435 e. The first-order valence-corrected chi connectivity index (χ1v) is 10.4. The van der Waals surface area contributed by atoms with E-state index >= 15 is 0 Å². The summed E-state index contributed by atoms with van der Waals surface area (Å²) in [5.74, 6) is -0.853. The number of carbonyl (C=O) groups is 1. The number of fused-ring (bicyclic) bond motifs is 2. The Morgan fingerprint density at radius 2 is 2.06 bits per heavy atom. The van der Waals surface area contributed by atoms with Crippen molar-refractivity contribution in [1.82, 2.24) is 20.0 Å². The number of benzene rings is 2. The van der Waals surface area contributed by atoms with Crippen molar-refractivity contribution in [3.63, 3.8) is 0 Å². The smallest absolute Gasteiger partial charge is 0.435 e. The number of aliphatic hydroxyl groups is 1. The van der Waals surface area contributed by atoms with Crippen LogP contribution in [0.15, 0.2) is 42.6 Å². The molecule has 0 radical (unpaired) electrons. The van der Waals surface area contributed by atoms with Crippen LogP contribution in [-0.2, 0) is 19.1 Å². The second-order valence-electron chi connectivity index (χ2n) is 8.00. The van der Waals surface area contributed by atoms with Crippen LogP contribution in [0.1, 0.15) is 21.7 Å². The molecule has 176 valence electrons. The van der Waals surface area contributed by atoms with Crippen LogP contribution in [-0.4, -0.2) is 44.1 Å². The number of nitrogens with zero attached hydrogens (tertiary/aromatic N) is 3. The minimum Gasteiger partial charge on any atom is -0.493 e. The fourth-order valence-electron chi connectivity index (χ4n) is 4.24. The molecule has 0 spiro atoms. The summed E-state index contributed by atoms with van der Waals surface area (Å²) in [6, 6.07) is 8.61. The normalized spacial score (nSPS) is 15.9. The third kappa shape index (κ3) is 3.81. The molecule has 1 unspecified atom stereocenters. The van der Waals surface area contributed by atoms with Gasteiger partial charge in [0.1, 0.15) is 17.3 Å². The van der Waals surface area contributed by atoms with Gasteiger partial charge in [0.15, 0.2) is 11.5 Å². The Morgan fingerprint density at radius 1 is 1.24 bits per heavy atom. The summed E-state index contributed by atoms with van der Waals surface area (Å²) in [7, 11) is 0. The summed E-state index contributed by atoms with van der Waals surface area (Å²) in [5.41, 5.74) is 0.127. The first kappa shape index (κ1) is 22.1. The number of halogens is 4. The maximum atomic E-state index is 13.6. The number of rotatable bonds is 5. The van der Waals surface area contributed by atoms with Crippen LogP contribution >= 0.6 is 0 Å². The van der Waals surface area contributed by atoms with Crippen molar-refractivity contribution in [2.75, 3.05) is 13.2 Å². The van der Waals surface area contributed by atoms with Gasteiger partial charge in [-0.05, 0) is 47.9 Å². The zero-order valence-corrected chi connectivity index (χ0v) is 17.6. The standard InChI is InChI=1S/C23H18F4N4O3/c24-15-2-4-19-13(8-15)7-14(11-34-19)21(33)20-16-3-1-12(9-18(16)31(30-20)5-6-32)17-10-28-29-22(17)23(25,26)27/h1-4,8-10,14,32H,5-7,11H2,(H,28,29). The van der Waals surface area contributed by atoms with Crippen LogP contribution in [0, 0.1) is 11.7 Å². The average molecular weight is 474 g/mol. The van der Waals surface area contributed by atoms with E-state index in [1.165, 1.54) is 41.1 Å². The zero-order valence-electron chi connectivity index (χ0n) is 17.6. The summed E-state index contributed by atoms with van der Waals surface area (Å²) in [6.07, 6.45) is -3.23. The van der Waals surface area contributed by atoms with Crippen molar-refractivity contribution in [1.29, 1.82) is 0 Å². The molecule has 7 nitrogen and oxygen atoms in total. The Balaban J connectivity index is 1.54. The number of Topliss-reactive ketones (excluding diaryl/α,β-unsaturated/α-hetero) is 1. The van der Waals surface area contributed by atoms with E-state index < -0.39 is 23.6 Å². The topological polar surface area (TPSA) is 93.0 Å². The molecule has 3 heterocycles. The van der Waals surface area contributed by atoms with Gasteiger partial charge in [0.25, 0.3) is 0 Å². The number of hydrogen-bond donors (Lipinski definition) is 2. The van der Waals surface area contributed by atoms with Crippen LogP contribution in [0.4, 0.5) is 17.6 Å². The van der Waals surface area contributed by atoms with Crippen molar-refractivity contribution >= 4 is 16.7 Å². The quantitative estimate of drug-likeness (QED) is 0.337. The Kier molecular flexibility index (Phi) is 5.35. The van der Waals surface area contributed by atoms with Crippen molar-refractivity contribution in [2.45, 2.75) is 19.1 Å². The lowest BCUT2D eigenvalue weighted by molar-refractivity contribution is -0.140. The molecule has 4 aromatic rings. The summed E-state index contributed by atoms with van der Waals surface area (Å²) in [4.78, 5) is 13.3. The number of ketones is 1. The Bertz CT molecular complexity index is 1390. The highest BCUT2D eigenvalue weighted by Crippen LogP contribution is 2.37. The zero-order chi connectivity index (χ0) is 24.0. The fourth-order valence-corrected chi connectivity index (χ4v) is 4.24. The summed E-state index contributed by atoms with van der Waals surface area (Å²) >= 11 is 0. The largest absolute Gasteiger partial charge is 0.493 e. The molecular formula is C23H18F4N4O3. The summed E-state index contributed by atoms with van der Waals surface area (Å²) in [6.45, 7) is -0.152. The van der Waals surface area contributed by atoms with Crippen LogP contribution in [0.5, 0.6) is 5.75 Å². The van der Waals surface area contributed by atoms with Gasteiger partial charge in [0.2, 0.25) is 0 Å². The number of aromatic nitrogens is 4. The molecule has 11 heteroatoms. The van der Waals surface area contributed by atoms with Crippen molar-refractivity contribution in [2.24, 2.45) is 5.92 Å². The van der Waals surface area contributed by atoms with Gasteiger partial charge in [-0.15, -0.1) is 0 Å². The first-order chi connectivity index (χ1) is 16.3. The molecule has 34 heavy (non-hydrogen) atoms. The van der Waals surface area contributed by atoms with Crippen molar-refractivity contribution in [3.8, 4) is 16.9 Å². The van der Waals surface area contributed by atoms with Crippen LogP contribution in [0.3, 0.4) is 0 Å². The van der Waals surface area contributed by atoms with E-state index in [9.17, 15) is 27.5 Å². The highest BCUT2D eigenvalue weighted by atomic mass is 19.4. The van der Waals surface area contributed by atoms with Crippen molar-refractivity contribution < 1.29 is 32.2 Å². The highest BCUT2D eigenvalue weighted by Gasteiger charge is 2.37. The molecular weight excluding hydrogens is 456 g/mol. The second-order valence-corrected chi connectivity index (χ2v) is 8.00. The lowest BCUT2D eigenvalue weighted by atomic mass is 9.90. The molecule has 2 aromatic carbocycles. The van der Waals surface area contributed by atoms with E-state index in [1.54, 1.807) is 0 Å². The average Bonchev–Trinajstić information content (AvgIpc) is 3.44. The fraction of sp³-hybridized carbons (Fsp3) is 0.261. The van der Waals surface area contributed by atoms with Gasteiger partial charge in [-0.1, -0.05) is 6.07 Å². The van der Waals surface area contributed by atoms with Gasteiger partial charge in [0, 0.05) is 17.1 Å². The Morgan fingerprint density at radius 3 is 2.82 bits per heavy atom. The van der Waals surface area contributed by atoms with Crippen LogP contribution in [0.2, 0.25) is 0 Å². The molecule has 5 rings (SSSR count). The van der Waals surface area contributed by atoms with E-state index in [-0.39, 0.29) is 48.8 Å². The van der Waals surface area contributed by atoms with Crippen molar-refractivity contribution in [3.05, 3.63) is 65.4 Å². The molecule has 0 fully saturated rings. The van der Waals surface area contributed by atoms with E-state index in [0.717, 1.165) is 6.20 Å². The lowest BCUT2D eigenvalue weighted by Crippen LogP contribution is -2.29. The molecule has 1 aliphatic rings. The molecule has 2 aromatic heterocycles. The second kappa shape index (κ2) is 8.24. The van der Waals surface area contributed by atoms with Gasteiger partial charge < -0.3 is 9.84 Å². The highest BCUT2D eigenvalue weighted by molar-refractivity contribution is 6.08. The Labute approximate surface area is 190 Å². The number of carbonyl (C=O) groups excluding carboxylic acids is 1. The molecule has 1 aliphatic heterocycles. The number of ether oxygens (including phenoxy) is 1. The summed E-state index contributed by atoms with van der Waals surface area (Å²) < 4.78 is 60.6. The van der Waals surface area contributed by atoms with E-state index in [0.29, 0.717) is 22.2 Å². The lowest BCUT2D eigenvalue weighted by Gasteiger charge is -2.23. The summed E-state index contributed by atoms with van der Waals surface area (Å²) in [5, 5.41) is 19.8. The van der Waals surface area contributed by atoms with Gasteiger partial charge in [-0.2, -0.15) is 23.4 Å². The third-order valence-corrected chi connectivity index (χ3v) is 5.82. The number of alkyl halides is 3. The van der Waals surface area contributed by atoms with Crippen LogP contribution < -0.4 is 4.74 Å². The van der Waals surface area contributed by atoms with Gasteiger partial charge in [-0.25, -0.2) is 4.39 Å². The number of aromatic amines is 1. The van der Waals surface area contributed by atoms with Crippen LogP contribution in [0.25, 0.3) is 22.0 Å².